The van der Waals surface area contributed by atoms with E-state index in [1.165, 1.54) is 70.3 Å². The van der Waals surface area contributed by atoms with Crippen LogP contribution in [0.4, 0.5) is 0 Å². The Morgan fingerprint density at radius 3 is 2.68 bits per heavy atom. The first kappa shape index (κ1) is 15.7. The molecule has 112 valence electrons. The molecule has 0 spiro atoms. The van der Waals surface area contributed by atoms with Crippen LogP contribution in [0.15, 0.2) is 0 Å². The van der Waals surface area contributed by atoms with Gasteiger partial charge in [-0.25, -0.2) is 0 Å². The van der Waals surface area contributed by atoms with Crippen molar-refractivity contribution in [2.24, 2.45) is 5.92 Å². The van der Waals surface area contributed by atoms with Gasteiger partial charge in [-0.15, -0.1) is 0 Å². The van der Waals surface area contributed by atoms with Gasteiger partial charge in [0.1, 0.15) is 0 Å². The fraction of sp³-hybridized carbons (Fsp3) is 1.00. The maximum atomic E-state index is 3.86. The van der Waals surface area contributed by atoms with Crippen LogP contribution in [0.3, 0.4) is 0 Å². The average Bonchev–Trinajstić information content (AvgIpc) is 2.48. The van der Waals surface area contributed by atoms with Crippen molar-refractivity contribution in [2.75, 3.05) is 31.6 Å². The van der Waals surface area contributed by atoms with Gasteiger partial charge in [-0.3, -0.25) is 4.90 Å². The summed E-state index contributed by atoms with van der Waals surface area (Å²) >= 11 is 1.99. The monoisotopic (exact) mass is 284 g/mol. The van der Waals surface area contributed by atoms with E-state index in [9.17, 15) is 0 Å². The topological polar surface area (TPSA) is 15.3 Å². The van der Waals surface area contributed by atoms with Crippen molar-refractivity contribution in [2.45, 2.75) is 64.0 Å². The molecule has 2 fully saturated rings. The number of nitrogens with zero attached hydrogens (tertiary/aromatic N) is 1. The molecule has 19 heavy (non-hydrogen) atoms. The van der Waals surface area contributed by atoms with Crippen LogP contribution < -0.4 is 5.32 Å². The molecule has 1 saturated heterocycles. The first-order valence-electron chi connectivity index (χ1n) is 8.31. The molecule has 0 aromatic carbocycles. The minimum atomic E-state index is 0.775. The Hall–Kier alpha value is 0.270. The third-order valence-corrected chi connectivity index (χ3v) is 5.74. The van der Waals surface area contributed by atoms with E-state index in [2.05, 4.69) is 23.4 Å². The standard InChI is InChI=1S/C16H32N2S/c1-3-15-12-17-16(14-8-5-4-6-9-14)13-18(15)10-7-11-19-2/h14-17H,3-13H2,1-2H3. The number of thioether (sulfide) groups is 1. The van der Waals surface area contributed by atoms with E-state index in [-0.39, 0.29) is 0 Å². The van der Waals surface area contributed by atoms with E-state index in [4.69, 9.17) is 0 Å². The number of rotatable bonds is 6. The van der Waals surface area contributed by atoms with Crippen LogP contribution in [0.1, 0.15) is 51.9 Å². The van der Waals surface area contributed by atoms with Gasteiger partial charge in [0, 0.05) is 25.2 Å². The zero-order valence-corrected chi connectivity index (χ0v) is 13.7. The molecule has 1 saturated carbocycles. The Labute approximate surface area is 124 Å². The summed E-state index contributed by atoms with van der Waals surface area (Å²) in [5, 5.41) is 3.86. The Morgan fingerprint density at radius 2 is 2.00 bits per heavy atom. The van der Waals surface area contributed by atoms with Crippen LogP contribution in [0.2, 0.25) is 0 Å². The normalized spacial score (nSPS) is 30.6. The highest BCUT2D eigenvalue weighted by atomic mass is 32.2. The van der Waals surface area contributed by atoms with Gasteiger partial charge < -0.3 is 5.32 Å². The lowest BCUT2D eigenvalue weighted by atomic mass is 9.82. The maximum Gasteiger partial charge on any atom is 0.0224 e. The molecule has 2 rings (SSSR count). The summed E-state index contributed by atoms with van der Waals surface area (Å²) in [6.07, 6.45) is 12.2. The molecule has 0 bridgehead atoms. The molecule has 1 aliphatic heterocycles. The van der Waals surface area contributed by atoms with Crippen LogP contribution >= 0.6 is 11.8 Å². The molecular formula is C16H32N2S. The van der Waals surface area contributed by atoms with Gasteiger partial charge in [0.15, 0.2) is 0 Å². The molecule has 0 amide bonds. The molecule has 2 unspecified atom stereocenters. The SMILES string of the molecule is CCC1CNC(C2CCCCC2)CN1CCCSC. The van der Waals surface area contributed by atoms with Crippen molar-refractivity contribution in [1.29, 1.82) is 0 Å². The lowest BCUT2D eigenvalue weighted by Crippen LogP contribution is -2.58. The minimum Gasteiger partial charge on any atom is -0.311 e. The highest BCUT2D eigenvalue weighted by molar-refractivity contribution is 7.98. The van der Waals surface area contributed by atoms with E-state index in [0.717, 1.165) is 18.0 Å². The summed E-state index contributed by atoms with van der Waals surface area (Å²) < 4.78 is 0. The van der Waals surface area contributed by atoms with E-state index in [1.54, 1.807) is 0 Å². The van der Waals surface area contributed by atoms with Crippen molar-refractivity contribution in [3.63, 3.8) is 0 Å². The predicted octanol–water partition coefficient (Wildman–Crippen LogP) is 3.37. The summed E-state index contributed by atoms with van der Waals surface area (Å²) in [5.74, 6) is 2.27. The maximum absolute atomic E-state index is 3.86. The zero-order valence-electron chi connectivity index (χ0n) is 12.9. The molecule has 1 N–H and O–H groups in total. The number of nitrogens with one attached hydrogen (secondary N) is 1. The molecule has 1 heterocycles. The summed E-state index contributed by atoms with van der Waals surface area (Å²) in [6.45, 7) is 6.17. The second-order valence-corrected chi connectivity index (χ2v) is 7.30. The van der Waals surface area contributed by atoms with Crippen LogP contribution in [0.25, 0.3) is 0 Å². The largest absolute Gasteiger partial charge is 0.311 e. The quantitative estimate of drug-likeness (QED) is 0.753. The molecular weight excluding hydrogens is 252 g/mol. The van der Waals surface area contributed by atoms with E-state index in [0.29, 0.717) is 0 Å². The summed E-state index contributed by atoms with van der Waals surface area (Å²) in [6, 6.07) is 1.55. The lowest BCUT2D eigenvalue weighted by Gasteiger charge is -2.44. The highest BCUT2D eigenvalue weighted by Crippen LogP contribution is 2.28. The molecule has 1 aliphatic carbocycles. The van der Waals surface area contributed by atoms with Crippen molar-refractivity contribution < 1.29 is 0 Å². The van der Waals surface area contributed by atoms with Gasteiger partial charge >= 0.3 is 0 Å². The van der Waals surface area contributed by atoms with Gasteiger partial charge in [-0.1, -0.05) is 26.2 Å². The summed E-state index contributed by atoms with van der Waals surface area (Å²) in [5.41, 5.74) is 0. The Kier molecular flexibility index (Phi) is 7.03. The van der Waals surface area contributed by atoms with Crippen molar-refractivity contribution in [3.05, 3.63) is 0 Å². The molecule has 0 aromatic rings. The van der Waals surface area contributed by atoms with Crippen molar-refractivity contribution in [3.8, 4) is 0 Å². The molecule has 0 aromatic heterocycles. The minimum absolute atomic E-state index is 0.775. The van der Waals surface area contributed by atoms with Crippen LogP contribution in [-0.4, -0.2) is 48.6 Å². The second kappa shape index (κ2) is 8.53. The fourth-order valence-corrected chi connectivity index (χ4v) is 4.24. The summed E-state index contributed by atoms with van der Waals surface area (Å²) in [4.78, 5) is 2.78. The molecule has 2 aliphatic rings. The van der Waals surface area contributed by atoms with Gasteiger partial charge in [0.2, 0.25) is 0 Å². The highest BCUT2D eigenvalue weighted by Gasteiger charge is 2.31. The molecule has 0 radical (unpaired) electrons. The Balaban J connectivity index is 1.83. The number of hydrogen-bond acceptors (Lipinski definition) is 3. The van der Waals surface area contributed by atoms with E-state index < -0.39 is 0 Å². The fourth-order valence-electron chi connectivity index (χ4n) is 3.82. The third-order valence-electron chi connectivity index (χ3n) is 5.05. The molecule has 2 nitrogen and oxygen atoms in total. The average molecular weight is 285 g/mol. The summed E-state index contributed by atoms with van der Waals surface area (Å²) in [7, 11) is 0. The Morgan fingerprint density at radius 1 is 1.21 bits per heavy atom. The first-order valence-corrected chi connectivity index (χ1v) is 9.71. The third kappa shape index (κ3) is 4.64. The van der Waals surface area contributed by atoms with E-state index >= 15 is 0 Å². The molecule has 2 atom stereocenters. The predicted molar refractivity (Wildman–Crippen MR) is 87.0 cm³/mol. The smallest absolute Gasteiger partial charge is 0.0224 e. The first-order chi connectivity index (χ1) is 9.35. The zero-order chi connectivity index (χ0) is 13.5. The van der Waals surface area contributed by atoms with E-state index in [1.807, 2.05) is 11.8 Å². The van der Waals surface area contributed by atoms with Gasteiger partial charge in [0.05, 0.1) is 0 Å². The van der Waals surface area contributed by atoms with Crippen molar-refractivity contribution >= 4 is 11.8 Å². The van der Waals surface area contributed by atoms with Crippen LogP contribution in [0, 0.1) is 5.92 Å². The lowest BCUT2D eigenvalue weighted by molar-refractivity contribution is 0.0940. The number of hydrogen-bond donors (Lipinski definition) is 1. The second-order valence-electron chi connectivity index (χ2n) is 6.32. The van der Waals surface area contributed by atoms with Crippen LogP contribution in [-0.2, 0) is 0 Å². The Bertz CT molecular complexity index is 241. The van der Waals surface area contributed by atoms with Crippen molar-refractivity contribution in [1.82, 2.24) is 10.2 Å². The number of piperazine rings is 1. The van der Waals surface area contributed by atoms with Gasteiger partial charge in [0.25, 0.3) is 0 Å². The molecule has 3 heteroatoms. The van der Waals surface area contributed by atoms with Gasteiger partial charge in [-0.2, -0.15) is 11.8 Å². The van der Waals surface area contributed by atoms with Crippen LogP contribution in [0.5, 0.6) is 0 Å². The van der Waals surface area contributed by atoms with Gasteiger partial charge in [-0.05, 0) is 50.2 Å².